The summed E-state index contributed by atoms with van der Waals surface area (Å²) in [7, 11) is 2.09. The zero-order valence-electron chi connectivity index (χ0n) is 10.4. The van der Waals surface area contributed by atoms with E-state index in [-0.39, 0.29) is 0 Å². The summed E-state index contributed by atoms with van der Waals surface area (Å²) in [5.41, 5.74) is 2.49. The van der Waals surface area contributed by atoms with Gasteiger partial charge < -0.3 is 4.90 Å². The quantitative estimate of drug-likeness (QED) is 0.584. The molecule has 0 aliphatic rings. The predicted octanol–water partition coefficient (Wildman–Crippen LogP) is 3.69. The van der Waals surface area contributed by atoms with E-state index >= 15 is 0 Å². The van der Waals surface area contributed by atoms with Crippen molar-refractivity contribution in [2.75, 3.05) is 13.6 Å². The summed E-state index contributed by atoms with van der Waals surface area (Å²) in [6.45, 7) is 17.9. The molecule has 0 unspecified atom stereocenters. The molecule has 82 valence electrons. The van der Waals surface area contributed by atoms with Gasteiger partial charge in [-0.2, -0.15) is 0 Å². The topological polar surface area (TPSA) is 3.24 Å². The van der Waals surface area contributed by atoms with Crippen LogP contribution >= 0.6 is 0 Å². The lowest BCUT2D eigenvalue weighted by atomic mass is 10.0. The maximum absolute atomic E-state index is 4.09. The Kier molecular flexibility index (Phi) is 5.59. The minimum atomic E-state index is 0.520. The van der Waals surface area contributed by atoms with E-state index in [0.29, 0.717) is 11.8 Å². The highest BCUT2D eigenvalue weighted by atomic mass is 15.1. The van der Waals surface area contributed by atoms with Crippen LogP contribution in [0.1, 0.15) is 34.1 Å². The summed E-state index contributed by atoms with van der Waals surface area (Å²) < 4.78 is 0. The fourth-order valence-electron chi connectivity index (χ4n) is 1.52. The maximum atomic E-state index is 4.09. The third kappa shape index (κ3) is 5.11. The van der Waals surface area contributed by atoms with Crippen LogP contribution in [0.5, 0.6) is 0 Å². The molecule has 0 heterocycles. The first kappa shape index (κ1) is 13.3. The molecule has 0 spiro atoms. The van der Waals surface area contributed by atoms with Crippen LogP contribution in [0.25, 0.3) is 0 Å². The van der Waals surface area contributed by atoms with Crippen LogP contribution in [0.4, 0.5) is 0 Å². The van der Waals surface area contributed by atoms with Gasteiger partial charge in [0.25, 0.3) is 0 Å². The minimum absolute atomic E-state index is 0.520. The molecule has 0 aromatic rings. The van der Waals surface area contributed by atoms with Crippen molar-refractivity contribution in [1.29, 1.82) is 0 Å². The number of likely N-dealkylation sites (N-methyl/N-ethyl adjacent to an activating group) is 1. The smallest absolute Gasteiger partial charge is 0.0380 e. The zero-order chi connectivity index (χ0) is 11.3. The molecular weight excluding hydrogens is 170 g/mol. The van der Waals surface area contributed by atoms with Crippen LogP contribution in [0.3, 0.4) is 0 Å². The zero-order valence-corrected chi connectivity index (χ0v) is 10.4. The van der Waals surface area contributed by atoms with Crippen LogP contribution < -0.4 is 0 Å². The average molecular weight is 195 g/mol. The number of hydrogen-bond acceptors (Lipinski definition) is 1. The van der Waals surface area contributed by atoms with Crippen molar-refractivity contribution >= 4 is 0 Å². The van der Waals surface area contributed by atoms with E-state index in [1.165, 1.54) is 11.3 Å². The normalized spacial score (nSPS) is 10.8. The summed E-state index contributed by atoms with van der Waals surface area (Å²) in [5, 5.41) is 0. The average Bonchev–Trinajstić information content (AvgIpc) is 2.00. The Balaban J connectivity index is 4.00. The van der Waals surface area contributed by atoms with E-state index in [2.05, 4.69) is 52.8 Å². The highest BCUT2D eigenvalue weighted by Crippen LogP contribution is 2.15. The third-order valence-corrected chi connectivity index (χ3v) is 2.31. The molecule has 0 saturated carbocycles. The third-order valence-electron chi connectivity index (χ3n) is 2.31. The van der Waals surface area contributed by atoms with Crippen LogP contribution in [0.15, 0.2) is 24.4 Å². The van der Waals surface area contributed by atoms with Crippen LogP contribution in [0.2, 0.25) is 0 Å². The molecule has 0 rings (SSSR count). The second-order valence-corrected chi connectivity index (χ2v) is 4.85. The van der Waals surface area contributed by atoms with Gasteiger partial charge in [-0.05, 0) is 18.3 Å². The molecule has 0 N–H and O–H groups in total. The van der Waals surface area contributed by atoms with E-state index in [4.69, 9.17) is 0 Å². The summed E-state index contributed by atoms with van der Waals surface area (Å²) in [5.74, 6) is 1.22. The SMILES string of the molecule is C=C(CC(C)C)CN(C)C(=C)C(C)C. The summed E-state index contributed by atoms with van der Waals surface area (Å²) in [6.07, 6.45) is 1.11. The van der Waals surface area contributed by atoms with Crippen molar-refractivity contribution in [3.63, 3.8) is 0 Å². The second kappa shape index (κ2) is 5.90. The highest BCUT2D eigenvalue weighted by molar-refractivity contribution is 5.04. The van der Waals surface area contributed by atoms with Gasteiger partial charge in [-0.15, -0.1) is 0 Å². The molecule has 0 aliphatic carbocycles. The van der Waals surface area contributed by atoms with Gasteiger partial charge in [0.1, 0.15) is 0 Å². The predicted molar refractivity (Wildman–Crippen MR) is 65.2 cm³/mol. The number of allylic oxidation sites excluding steroid dienone is 1. The molecule has 14 heavy (non-hydrogen) atoms. The largest absolute Gasteiger partial charge is 0.374 e. The molecule has 0 fully saturated rings. The standard InChI is InChI=1S/C13H25N/c1-10(2)8-12(5)9-14(7)13(6)11(3)4/h10-11H,5-6,8-9H2,1-4,7H3. The lowest BCUT2D eigenvalue weighted by Crippen LogP contribution is -2.23. The molecule has 0 atom stereocenters. The first-order valence-electron chi connectivity index (χ1n) is 5.41. The first-order chi connectivity index (χ1) is 6.34. The second-order valence-electron chi connectivity index (χ2n) is 4.85. The van der Waals surface area contributed by atoms with E-state index < -0.39 is 0 Å². The van der Waals surface area contributed by atoms with E-state index in [1.807, 2.05) is 0 Å². The first-order valence-corrected chi connectivity index (χ1v) is 5.41. The molecule has 0 radical (unpaired) electrons. The Morgan fingerprint density at radius 3 is 2.00 bits per heavy atom. The van der Waals surface area contributed by atoms with Gasteiger partial charge >= 0.3 is 0 Å². The van der Waals surface area contributed by atoms with Crippen molar-refractivity contribution in [1.82, 2.24) is 4.90 Å². The van der Waals surface area contributed by atoms with Gasteiger partial charge in [-0.3, -0.25) is 0 Å². The van der Waals surface area contributed by atoms with Gasteiger partial charge in [0.2, 0.25) is 0 Å². The number of nitrogens with zero attached hydrogens (tertiary/aromatic N) is 1. The highest BCUT2D eigenvalue weighted by Gasteiger charge is 2.08. The van der Waals surface area contributed by atoms with Gasteiger partial charge in [-0.1, -0.05) is 46.4 Å². The monoisotopic (exact) mass is 195 g/mol. The molecule has 0 saturated heterocycles. The lowest BCUT2D eigenvalue weighted by Gasteiger charge is -2.25. The van der Waals surface area contributed by atoms with Crippen molar-refractivity contribution in [3.05, 3.63) is 24.4 Å². The van der Waals surface area contributed by atoms with Gasteiger partial charge in [0.05, 0.1) is 0 Å². The Hall–Kier alpha value is -0.720. The minimum Gasteiger partial charge on any atom is -0.374 e. The van der Waals surface area contributed by atoms with Crippen molar-refractivity contribution < 1.29 is 0 Å². The molecule has 0 amide bonds. The molecule has 0 bridgehead atoms. The van der Waals surface area contributed by atoms with Gasteiger partial charge in [0.15, 0.2) is 0 Å². The van der Waals surface area contributed by atoms with Crippen LogP contribution in [-0.2, 0) is 0 Å². The molecule has 1 heteroatoms. The molecule has 1 nitrogen and oxygen atoms in total. The summed E-state index contributed by atoms with van der Waals surface area (Å²) in [6, 6.07) is 0. The Morgan fingerprint density at radius 1 is 1.14 bits per heavy atom. The van der Waals surface area contributed by atoms with Crippen LogP contribution in [0, 0.1) is 11.8 Å². The fraction of sp³-hybridized carbons (Fsp3) is 0.692. The van der Waals surface area contributed by atoms with E-state index in [9.17, 15) is 0 Å². The van der Waals surface area contributed by atoms with Crippen molar-refractivity contribution in [3.8, 4) is 0 Å². The van der Waals surface area contributed by atoms with Gasteiger partial charge in [-0.25, -0.2) is 0 Å². The molecule has 0 aromatic carbocycles. The van der Waals surface area contributed by atoms with Crippen molar-refractivity contribution in [2.45, 2.75) is 34.1 Å². The number of hydrogen-bond donors (Lipinski definition) is 0. The van der Waals surface area contributed by atoms with Gasteiger partial charge in [0, 0.05) is 19.3 Å². The molecular formula is C13H25N. The molecule has 0 aromatic heterocycles. The van der Waals surface area contributed by atoms with E-state index in [0.717, 1.165) is 13.0 Å². The van der Waals surface area contributed by atoms with Crippen molar-refractivity contribution in [2.24, 2.45) is 11.8 Å². The Bertz CT molecular complexity index is 201. The lowest BCUT2D eigenvalue weighted by molar-refractivity contribution is 0.396. The Labute approximate surface area is 89.5 Å². The summed E-state index contributed by atoms with van der Waals surface area (Å²) in [4.78, 5) is 2.20. The summed E-state index contributed by atoms with van der Waals surface area (Å²) >= 11 is 0. The fourth-order valence-corrected chi connectivity index (χ4v) is 1.52. The van der Waals surface area contributed by atoms with Crippen LogP contribution in [-0.4, -0.2) is 18.5 Å². The number of rotatable bonds is 6. The van der Waals surface area contributed by atoms with E-state index in [1.54, 1.807) is 0 Å². The molecule has 0 aliphatic heterocycles. The maximum Gasteiger partial charge on any atom is 0.0380 e. The Morgan fingerprint density at radius 2 is 1.64 bits per heavy atom.